The van der Waals surface area contributed by atoms with Crippen LogP contribution in [0.1, 0.15) is 69.1 Å². The lowest BCUT2D eigenvalue weighted by Crippen LogP contribution is -2.71. The molecule has 0 saturated carbocycles. The van der Waals surface area contributed by atoms with E-state index >= 15 is 4.79 Å². The zero-order chi connectivity index (χ0) is 69.0. The van der Waals surface area contributed by atoms with Crippen LogP contribution in [0.4, 0.5) is 17.1 Å². The van der Waals surface area contributed by atoms with E-state index in [1.807, 2.05) is 0 Å². The summed E-state index contributed by atoms with van der Waals surface area (Å²) in [6.45, 7) is -7.45. The van der Waals surface area contributed by atoms with Crippen molar-refractivity contribution in [3.8, 4) is 0 Å². The minimum Gasteiger partial charge on any atom is -0.394 e. The lowest BCUT2D eigenvalue weighted by atomic mass is 9.86. The van der Waals surface area contributed by atoms with Gasteiger partial charge in [0.1, 0.15) is 24.9 Å². The minimum atomic E-state index is -2.28. The summed E-state index contributed by atoms with van der Waals surface area (Å²) in [4.78, 5) is 128. The number of likely N-dealkylation sites (tertiary alicyclic amines) is 1. The van der Waals surface area contributed by atoms with Gasteiger partial charge in [-0.25, -0.2) is 0 Å². The summed E-state index contributed by atoms with van der Waals surface area (Å²) in [6, 6.07) is -5.04. The Morgan fingerprint density at radius 1 is 0.407 bits per heavy atom. The Hall–Kier alpha value is -1.10. The number of rotatable bonds is 29. The van der Waals surface area contributed by atoms with Gasteiger partial charge in [0, 0.05) is 43.4 Å². The summed E-state index contributed by atoms with van der Waals surface area (Å²) in [5.74, 6) is -9.52. The number of Topliss-reactive ketones (excluding diaryl/α,β-unsaturated/α-hetero) is 1. The number of hydrogen-bond donors (Lipinski definition) is 22. The van der Waals surface area contributed by atoms with Gasteiger partial charge >= 0.3 is 0 Å². The summed E-state index contributed by atoms with van der Waals surface area (Å²) in [5.41, 5.74) is -2.71. The molecule has 1 aliphatic heterocycles. The number of aliphatic hydroxyl groups is 14. The highest BCUT2D eigenvalue weighted by Gasteiger charge is 2.51. The highest BCUT2D eigenvalue weighted by atomic mass is 127. The van der Waals surface area contributed by atoms with Crippen LogP contribution in [0.25, 0.3) is 0 Å². The molecule has 8 amide bonds. The van der Waals surface area contributed by atoms with Crippen LogP contribution in [0.3, 0.4) is 0 Å². The van der Waals surface area contributed by atoms with Gasteiger partial charge in [-0.15, -0.1) is 0 Å². The second-order valence-electron chi connectivity index (χ2n) is 19.4. The second kappa shape index (κ2) is 37.7. The third-order valence-electron chi connectivity index (χ3n) is 13.3. The fraction of sp³-hybridized carbons (Fsp3) is 0.460. The number of anilines is 3. The van der Waals surface area contributed by atoms with Crippen molar-refractivity contribution in [2.24, 2.45) is 0 Å². The van der Waals surface area contributed by atoms with Gasteiger partial charge in [-0.1, -0.05) is 0 Å². The topological polar surface area (TPSA) is 536 Å². The van der Waals surface area contributed by atoms with E-state index in [2.05, 4.69) is 42.5 Å². The van der Waals surface area contributed by atoms with Crippen LogP contribution in [0, 0.1) is 32.1 Å². The number of piperidine rings is 1. The first-order chi connectivity index (χ1) is 42.6. The normalized spacial score (nSPS) is 18.4. The van der Waals surface area contributed by atoms with Crippen molar-refractivity contribution in [2.75, 3.05) is 88.3 Å². The van der Waals surface area contributed by atoms with Crippen LogP contribution in [0.2, 0.25) is 0 Å². The molecule has 91 heavy (non-hydrogen) atoms. The standard InChI is InChI=1S/C50H58I9N9O23/c1-13(19(78)10-72)65-37-31(54)22(45(86)60-2-14(75)7-69)28(51)23(32(37)55)48(89)63-5-17-40(81)42(83)41(82)18(6-64-49(90)25-29(52)24(46(87)61-3-15(76)8-70)33(56)38(34(25)57)66-43(84)20(79)11-73)68(17)50(91)27-30(53)26(47(88)62-4-16(77)9-71)35(58)39(36(27)59)67-44(85)21(80)12-74/h13-18,20-21,40-42,65,69-77,79-83H,2-12H2,1H3,(H,60,86)(H,61,87)(H,62,88)(H,63,89)(H,64,90)(H,66,84)(H,67,85)/t13?,14?,15?,16?,17-,18-,20?,21?,40-,41+,42+/m0/s1. The van der Waals surface area contributed by atoms with E-state index in [1.165, 1.54) is 6.92 Å². The van der Waals surface area contributed by atoms with Crippen LogP contribution in [-0.2, 0) is 14.4 Å². The molecule has 6 unspecified atom stereocenters. The highest BCUT2D eigenvalue weighted by Crippen LogP contribution is 2.41. The number of nitrogens with one attached hydrogen (secondary N) is 8. The fourth-order valence-corrected chi connectivity index (χ4v) is 21.6. The first-order valence-corrected chi connectivity index (χ1v) is 35.7. The van der Waals surface area contributed by atoms with Crippen molar-refractivity contribution in [3.05, 3.63) is 65.5 Å². The molecule has 11 atom stereocenters. The quantitative estimate of drug-likeness (QED) is 0.0299. The molecule has 1 fully saturated rings. The maximum atomic E-state index is 16.0. The van der Waals surface area contributed by atoms with Crippen LogP contribution in [0.15, 0.2) is 0 Å². The second-order valence-corrected chi connectivity index (χ2v) is 29.2. The van der Waals surface area contributed by atoms with Gasteiger partial charge in [0.25, 0.3) is 47.3 Å². The fourth-order valence-electron chi connectivity index (χ4n) is 8.30. The molecule has 3 aromatic rings. The van der Waals surface area contributed by atoms with E-state index < -0.39 is 209 Å². The number of nitrogens with zero attached hydrogens (tertiary/aromatic N) is 1. The first kappa shape index (κ1) is 82.3. The molecular formula is C50H58I9N9O23. The third kappa shape index (κ3) is 19.9. The Kier molecular flexibility index (Phi) is 34.1. The van der Waals surface area contributed by atoms with E-state index in [1.54, 1.807) is 203 Å². The predicted molar refractivity (Wildman–Crippen MR) is 395 cm³/mol. The SMILES string of the molecule is CC(Nc1c(I)c(C(=O)NCC(O)CO)c(I)c(C(=O)NC[C@H]2[C@H](O)[C@@H](O)[C@H](O)[C@H](CNC(=O)c3c(I)c(NC(=O)C(O)CO)c(I)c(C(=O)NCC(O)CO)c3I)N2C(=O)c2c(I)c(NC(=O)C(O)CO)c(I)c(C(=O)NCC(O)CO)c2I)c1I)C(=O)CO. The monoisotopic (exact) mass is 2290 g/mol. The first-order valence-electron chi connectivity index (χ1n) is 26.0. The molecular weight excluding hydrogens is 2240 g/mol. The maximum absolute atomic E-state index is 16.0. The van der Waals surface area contributed by atoms with Crippen molar-refractivity contribution in [1.29, 1.82) is 0 Å². The molecule has 0 bridgehead atoms. The number of aliphatic hydroxyl groups excluding tert-OH is 14. The number of carbonyl (C=O) groups is 9. The van der Waals surface area contributed by atoms with Crippen LogP contribution >= 0.6 is 203 Å². The van der Waals surface area contributed by atoms with Crippen molar-refractivity contribution in [2.45, 2.75) is 73.9 Å². The number of ketones is 1. The molecule has 22 N–H and O–H groups in total. The third-order valence-corrected chi connectivity index (χ3v) is 23.0. The Morgan fingerprint density at radius 2 is 0.692 bits per heavy atom. The molecule has 0 aromatic heterocycles. The Balaban J connectivity index is 2.08. The summed E-state index contributed by atoms with van der Waals surface area (Å²) in [5, 5.41) is 164. The van der Waals surface area contributed by atoms with Crippen LogP contribution < -0.4 is 42.5 Å². The van der Waals surface area contributed by atoms with Gasteiger partial charge in [-0.05, 0) is 210 Å². The summed E-state index contributed by atoms with van der Waals surface area (Å²) in [6.07, 6.45) is -15.3. The Bertz CT molecular complexity index is 3290. The van der Waals surface area contributed by atoms with Gasteiger partial charge in [0.2, 0.25) is 0 Å². The highest BCUT2D eigenvalue weighted by molar-refractivity contribution is 14.1. The van der Waals surface area contributed by atoms with Crippen molar-refractivity contribution >= 4 is 273 Å². The number of benzene rings is 3. The largest absolute Gasteiger partial charge is 0.394 e. The summed E-state index contributed by atoms with van der Waals surface area (Å²) >= 11 is 14.9. The zero-order valence-electron chi connectivity index (χ0n) is 46.4. The average Bonchev–Trinajstić information content (AvgIpc) is 0.763. The van der Waals surface area contributed by atoms with Crippen LogP contribution in [-0.4, -0.2) is 269 Å². The Labute approximate surface area is 638 Å². The number of halogens is 9. The molecule has 0 radical (unpaired) electrons. The summed E-state index contributed by atoms with van der Waals surface area (Å²) in [7, 11) is 0. The number of hydrogen-bond acceptors (Lipinski definition) is 24. The van der Waals surface area contributed by atoms with Gasteiger partial charge in [-0.2, -0.15) is 0 Å². The lowest BCUT2D eigenvalue weighted by molar-refractivity contribution is -0.149. The van der Waals surface area contributed by atoms with E-state index in [4.69, 9.17) is 0 Å². The number of amides is 8. The van der Waals surface area contributed by atoms with E-state index in [9.17, 15) is 110 Å². The van der Waals surface area contributed by atoms with Crippen molar-refractivity contribution in [3.63, 3.8) is 0 Å². The smallest absolute Gasteiger partial charge is 0.256 e. The van der Waals surface area contributed by atoms with Gasteiger partial charge in [0.05, 0.1) is 141 Å². The van der Waals surface area contributed by atoms with E-state index in [0.29, 0.717) is 0 Å². The van der Waals surface area contributed by atoms with Crippen molar-refractivity contribution < 1.29 is 115 Å². The zero-order valence-corrected chi connectivity index (χ0v) is 65.8. The summed E-state index contributed by atoms with van der Waals surface area (Å²) < 4.78 is -0.732. The minimum absolute atomic E-state index is 0.0173. The van der Waals surface area contributed by atoms with Crippen molar-refractivity contribution in [1.82, 2.24) is 31.5 Å². The molecule has 1 heterocycles. The molecule has 1 aliphatic rings. The lowest BCUT2D eigenvalue weighted by Gasteiger charge is -2.49. The Morgan fingerprint density at radius 3 is 0.989 bits per heavy atom. The molecule has 32 nitrogen and oxygen atoms in total. The average molecular weight is 2300 g/mol. The predicted octanol–water partition coefficient (Wildman–Crippen LogP) is -3.54. The van der Waals surface area contributed by atoms with E-state index in [-0.39, 0.29) is 65.9 Å². The molecule has 1 saturated heterocycles. The van der Waals surface area contributed by atoms with Gasteiger partial charge in [-0.3, -0.25) is 43.2 Å². The molecule has 3 aromatic carbocycles. The molecule has 0 spiro atoms. The molecule has 0 aliphatic carbocycles. The number of carbonyl (C=O) groups excluding carboxylic acids is 9. The molecule has 41 heteroatoms. The molecule has 504 valence electrons. The van der Waals surface area contributed by atoms with Gasteiger partial charge in [0.15, 0.2) is 18.0 Å². The van der Waals surface area contributed by atoms with Crippen LogP contribution in [0.5, 0.6) is 0 Å². The molecule has 4 rings (SSSR count). The van der Waals surface area contributed by atoms with E-state index in [0.717, 1.165) is 4.90 Å². The maximum Gasteiger partial charge on any atom is 0.256 e. The van der Waals surface area contributed by atoms with Gasteiger partial charge < -0.3 is 119 Å².